The van der Waals surface area contributed by atoms with E-state index in [0.717, 1.165) is 21.5 Å². The van der Waals surface area contributed by atoms with Crippen LogP contribution >= 0.6 is 0 Å². The molecule has 0 amide bonds. The molecule has 118 valence electrons. The highest BCUT2D eigenvalue weighted by Gasteiger charge is 2.21. The average Bonchev–Trinajstić information content (AvgIpc) is 2.71. The van der Waals surface area contributed by atoms with Crippen molar-refractivity contribution >= 4 is 55.2 Å². The van der Waals surface area contributed by atoms with Crippen LogP contribution in [0, 0.1) is 13.1 Å². The smallest absolute Gasteiger partial charge is 0.294 e. The number of rotatable bonds is 0. The third kappa shape index (κ3) is 1.84. The SMILES string of the molecule is [C-]#[N+]c1nc2c3cc4ccccc4cc3c3nccnc3c2nc1[N+]#[C-]. The number of nitrogens with zero attached hydrogens (tertiary/aromatic N) is 6. The molecule has 2 heterocycles. The number of fused-ring (bicyclic) bond motifs is 7. The Labute approximate surface area is 147 Å². The van der Waals surface area contributed by atoms with E-state index >= 15 is 0 Å². The van der Waals surface area contributed by atoms with Crippen LogP contribution in [0.25, 0.3) is 53.3 Å². The minimum Gasteiger partial charge on any atom is -0.370 e. The molecule has 2 aromatic heterocycles. The van der Waals surface area contributed by atoms with Gasteiger partial charge < -0.3 is 9.69 Å². The van der Waals surface area contributed by atoms with Gasteiger partial charge in [-0.2, -0.15) is 0 Å². The van der Waals surface area contributed by atoms with Gasteiger partial charge in [-0.15, -0.1) is 9.97 Å². The fourth-order valence-corrected chi connectivity index (χ4v) is 3.26. The van der Waals surface area contributed by atoms with Crippen molar-refractivity contribution in [2.24, 2.45) is 0 Å². The van der Waals surface area contributed by atoms with Gasteiger partial charge in [0.25, 0.3) is 11.6 Å². The molecule has 0 saturated heterocycles. The van der Waals surface area contributed by atoms with E-state index in [0.29, 0.717) is 22.1 Å². The van der Waals surface area contributed by atoms with E-state index in [-0.39, 0.29) is 11.6 Å². The van der Waals surface area contributed by atoms with E-state index in [4.69, 9.17) is 13.1 Å². The lowest BCUT2D eigenvalue weighted by molar-refractivity contribution is 1.29. The molecule has 0 fully saturated rings. The van der Waals surface area contributed by atoms with Crippen LogP contribution in [0.1, 0.15) is 0 Å². The molecule has 0 bridgehead atoms. The Morgan fingerprint density at radius 1 is 0.654 bits per heavy atom. The van der Waals surface area contributed by atoms with Gasteiger partial charge in [-0.25, -0.2) is 4.98 Å². The highest BCUT2D eigenvalue weighted by atomic mass is 15.0. The van der Waals surface area contributed by atoms with Crippen molar-refractivity contribution in [3.05, 3.63) is 71.6 Å². The maximum absolute atomic E-state index is 7.32. The summed E-state index contributed by atoms with van der Waals surface area (Å²) in [5, 5.41) is 3.90. The molecule has 0 aliphatic rings. The van der Waals surface area contributed by atoms with E-state index in [1.54, 1.807) is 12.4 Å². The first kappa shape index (κ1) is 14.2. The topological polar surface area (TPSA) is 60.3 Å². The summed E-state index contributed by atoms with van der Waals surface area (Å²) in [4.78, 5) is 24.5. The number of benzene rings is 3. The van der Waals surface area contributed by atoms with Crippen molar-refractivity contribution in [1.82, 2.24) is 19.9 Å². The summed E-state index contributed by atoms with van der Waals surface area (Å²) in [5.41, 5.74) is 2.35. The van der Waals surface area contributed by atoms with Gasteiger partial charge in [0.15, 0.2) is 0 Å². The van der Waals surface area contributed by atoms with Crippen LogP contribution in [0.2, 0.25) is 0 Å². The zero-order chi connectivity index (χ0) is 17.7. The molecule has 0 saturated carbocycles. The summed E-state index contributed by atoms with van der Waals surface area (Å²) in [6, 6.07) is 12.1. The lowest BCUT2D eigenvalue weighted by Crippen LogP contribution is -1.93. The fraction of sp³-hybridized carbons (Fsp3) is 0. The Bertz CT molecular complexity index is 1460. The maximum atomic E-state index is 7.32. The molecular formula is C20H8N6. The fourth-order valence-electron chi connectivity index (χ4n) is 3.26. The third-order valence-electron chi connectivity index (χ3n) is 4.39. The highest BCUT2D eigenvalue weighted by Crippen LogP contribution is 2.36. The van der Waals surface area contributed by atoms with Gasteiger partial charge in [-0.1, -0.05) is 37.4 Å². The summed E-state index contributed by atoms with van der Waals surface area (Å²) in [7, 11) is 0. The van der Waals surface area contributed by atoms with E-state index in [1.807, 2.05) is 30.3 Å². The molecule has 5 aromatic rings. The second kappa shape index (κ2) is 5.17. The molecule has 0 radical (unpaired) electrons. The van der Waals surface area contributed by atoms with Crippen molar-refractivity contribution < 1.29 is 0 Å². The molecule has 6 nitrogen and oxygen atoms in total. The van der Waals surface area contributed by atoms with E-state index in [9.17, 15) is 0 Å². The second-order valence-electron chi connectivity index (χ2n) is 5.79. The van der Waals surface area contributed by atoms with Gasteiger partial charge in [-0.3, -0.25) is 4.98 Å². The first-order valence-electron chi connectivity index (χ1n) is 7.82. The average molecular weight is 332 g/mol. The Morgan fingerprint density at radius 2 is 1.19 bits per heavy atom. The van der Waals surface area contributed by atoms with Gasteiger partial charge in [0.2, 0.25) is 11.0 Å². The zero-order valence-corrected chi connectivity index (χ0v) is 13.3. The molecule has 6 heteroatoms. The molecule has 0 N–H and O–H groups in total. The normalized spacial score (nSPS) is 11.0. The monoisotopic (exact) mass is 332 g/mol. The Kier molecular flexibility index (Phi) is 2.82. The summed E-state index contributed by atoms with van der Waals surface area (Å²) in [5.74, 6) is -0.00945. The Balaban J connectivity index is 2.14. The maximum Gasteiger partial charge on any atom is 0.294 e. The van der Waals surface area contributed by atoms with Crippen LogP contribution in [0.15, 0.2) is 48.8 Å². The minimum atomic E-state index is -0.0143. The molecule has 0 atom stereocenters. The summed E-state index contributed by atoms with van der Waals surface area (Å²) >= 11 is 0. The van der Waals surface area contributed by atoms with Gasteiger partial charge in [0.05, 0.1) is 0 Å². The molecule has 5 rings (SSSR count). The van der Waals surface area contributed by atoms with Gasteiger partial charge in [-0.05, 0) is 22.9 Å². The first-order chi connectivity index (χ1) is 12.8. The van der Waals surface area contributed by atoms with E-state index in [2.05, 4.69) is 35.7 Å². The van der Waals surface area contributed by atoms with Gasteiger partial charge >= 0.3 is 0 Å². The lowest BCUT2D eigenvalue weighted by atomic mass is 10.0. The number of hydrogen-bond donors (Lipinski definition) is 0. The number of hydrogen-bond acceptors (Lipinski definition) is 4. The van der Waals surface area contributed by atoms with Crippen LogP contribution in [-0.2, 0) is 0 Å². The van der Waals surface area contributed by atoms with Crippen molar-refractivity contribution in [1.29, 1.82) is 0 Å². The standard InChI is InChI=1S/C20H8N6/c1-21-19-20(22-2)26-18-16(25-19)14-10-12-6-4-3-5-11(12)9-13(14)15-17(18)24-8-7-23-15/h3-10H. The quantitative estimate of drug-likeness (QED) is 0.228. The second-order valence-corrected chi connectivity index (χ2v) is 5.79. The van der Waals surface area contributed by atoms with Crippen molar-refractivity contribution in [3.8, 4) is 0 Å². The Hall–Kier alpha value is -4.16. The third-order valence-corrected chi connectivity index (χ3v) is 4.39. The van der Waals surface area contributed by atoms with Crippen LogP contribution in [-0.4, -0.2) is 19.9 Å². The van der Waals surface area contributed by atoms with Crippen molar-refractivity contribution in [2.75, 3.05) is 0 Å². The zero-order valence-electron chi connectivity index (χ0n) is 13.3. The largest absolute Gasteiger partial charge is 0.370 e. The van der Waals surface area contributed by atoms with Gasteiger partial charge in [0, 0.05) is 23.2 Å². The number of aromatic nitrogens is 4. The first-order valence-corrected chi connectivity index (χ1v) is 7.82. The molecule has 26 heavy (non-hydrogen) atoms. The van der Waals surface area contributed by atoms with Crippen LogP contribution in [0.4, 0.5) is 11.6 Å². The van der Waals surface area contributed by atoms with Crippen LogP contribution < -0.4 is 0 Å². The summed E-state index contributed by atoms with van der Waals surface area (Å²) in [6.07, 6.45) is 3.23. The Morgan fingerprint density at radius 3 is 1.81 bits per heavy atom. The van der Waals surface area contributed by atoms with E-state index < -0.39 is 0 Å². The predicted molar refractivity (Wildman–Crippen MR) is 100 cm³/mol. The van der Waals surface area contributed by atoms with Crippen LogP contribution in [0.3, 0.4) is 0 Å². The predicted octanol–water partition coefficient (Wildman–Crippen LogP) is 4.98. The summed E-state index contributed by atoms with van der Waals surface area (Å²) < 4.78 is 0. The minimum absolute atomic E-state index is 0.00481. The molecular weight excluding hydrogens is 324 g/mol. The van der Waals surface area contributed by atoms with E-state index in [1.165, 1.54) is 0 Å². The summed E-state index contributed by atoms with van der Waals surface area (Å²) in [6.45, 7) is 14.6. The molecule has 0 aliphatic heterocycles. The highest BCUT2D eigenvalue weighted by molar-refractivity contribution is 6.23. The van der Waals surface area contributed by atoms with Crippen LogP contribution in [0.5, 0.6) is 0 Å². The molecule has 0 aliphatic carbocycles. The molecule has 3 aromatic carbocycles. The van der Waals surface area contributed by atoms with Crippen molar-refractivity contribution in [3.63, 3.8) is 0 Å². The lowest BCUT2D eigenvalue weighted by Gasteiger charge is -2.07. The van der Waals surface area contributed by atoms with Crippen molar-refractivity contribution in [2.45, 2.75) is 0 Å². The molecule has 0 spiro atoms. The van der Waals surface area contributed by atoms with Gasteiger partial charge in [0.1, 0.15) is 11.0 Å². The molecule has 0 unspecified atom stereocenters.